The summed E-state index contributed by atoms with van der Waals surface area (Å²) in [5, 5.41) is 13.9. The van der Waals surface area contributed by atoms with Crippen molar-refractivity contribution in [3.05, 3.63) is 61.6 Å². The molecule has 1 atom stereocenters. The highest BCUT2D eigenvalue weighted by molar-refractivity contribution is 7.11. The van der Waals surface area contributed by atoms with Crippen LogP contribution in [-0.4, -0.2) is 11.0 Å². The first-order valence-corrected chi connectivity index (χ1v) is 7.49. The Balaban J connectivity index is 1.90. The fraction of sp³-hybridized carbons (Fsp3) is 0.333. The van der Waals surface area contributed by atoms with Crippen molar-refractivity contribution in [1.82, 2.24) is 5.32 Å². The molecule has 0 radical (unpaired) electrons. The molecule has 1 aromatic heterocycles. The van der Waals surface area contributed by atoms with Crippen LogP contribution in [0.5, 0.6) is 0 Å². The molecule has 0 saturated carbocycles. The van der Waals surface area contributed by atoms with Crippen molar-refractivity contribution in [3.63, 3.8) is 0 Å². The van der Waals surface area contributed by atoms with Crippen LogP contribution in [0.1, 0.15) is 22.2 Å². The Kier molecular flexibility index (Phi) is 5.03. The first-order chi connectivity index (χ1) is 9.95. The Morgan fingerprint density at radius 1 is 1.38 bits per heavy atom. The van der Waals surface area contributed by atoms with E-state index < -0.39 is 16.4 Å². The lowest BCUT2D eigenvalue weighted by molar-refractivity contribution is -0.387. The summed E-state index contributed by atoms with van der Waals surface area (Å²) in [7, 11) is 0. The van der Waals surface area contributed by atoms with Gasteiger partial charge in [0.05, 0.1) is 4.92 Å². The molecule has 0 bridgehead atoms. The van der Waals surface area contributed by atoms with Crippen LogP contribution in [0.4, 0.5) is 10.1 Å². The smallest absolute Gasteiger partial charge is 0.304 e. The Hall–Kier alpha value is -1.79. The second kappa shape index (κ2) is 6.78. The van der Waals surface area contributed by atoms with E-state index in [1.807, 2.05) is 0 Å². The topological polar surface area (TPSA) is 55.2 Å². The van der Waals surface area contributed by atoms with E-state index in [4.69, 9.17) is 0 Å². The van der Waals surface area contributed by atoms with Gasteiger partial charge in [-0.2, -0.15) is 4.39 Å². The first-order valence-electron chi connectivity index (χ1n) is 6.67. The molecule has 2 rings (SSSR count). The molecular weight excluding hydrogens is 291 g/mol. The number of nitro benzene ring substituents is 1. The van der Waals surface area contributed by atoms with E-state index in [9.17, 15) is 14.5 Å². The highest BCUT2D eigenvalue weighted by Gasteiger charge is 2.14. The minimum atomic E-state index is -0.791. The van der Waals surface area contributed by atoms with Gasteiger partial charge in [-0.3, -0.25) is 10.1 Å². The summed E-state index contributed by atoms with van der Waals surface area (Å²) in [6, 6.07) is 8.46. The van der Waals surface area contributed by atoms with Gasteiger partial charge in [0.25, 0.3) is 0 Å². The van der Waals surface area contributed by atoms with E-state index in [0.717, 1.165) is 6.42 Å². The maximum atomic E-state index is 13.5. The van der Waals surface area contributed by atoms with Crippen molar-refractivity contribution in [2.24, 2.45) is 0 Å². The summed E-state index contributed by atoms with van der Waals surface area (Å²) in [5.41, 5.74) is 0.216. The van der Waals surface area contributed by atoms with Gasteiger partial charge in [-0.1, -0.05) is 6.07 Å². The van der Waals surface area contributed by atoms with Crippen molar-refractivity contribution in [1.29, 1.82) is 0 Å². The number of halogens is 1. The number of nitrogens with one attached hydrogen (secondary N) is 1. The molecule has 0 fully saturated rings. The van der Waals surface area contributed by atoms with E-state index in [-0.39, 0.29) is 6.04 Å². The number of hydrogen-bond acceptors (Lipinski definition) is 4. The minimum Gasteiger partial charge on any atom is -0.310 e. The van der Waals surface area contributed by atoms with E-state index in [1.165, 1.54) is 21.9 Å². The lowest BCUT2D eigenvalue weighted by Gasteiger charge is -2.13. The van der Waals surface area contributed by atoms with Gasteiger partial charge in [0.15, 0.2) is 0 Å². The van der Waals surface area contributed by atoms with Crippen molar-refractivity contribution in [3.8, 4) is 0 Å². The van der Waals surface area contributed by atoms with Gasteiger partial charge >= 0.3 is 5.69 Å². The Bertz CT molecular complexity index is 642. The van der Waals surface area contributed by atoms with Gasteiger partial charge < -0.3 is 5.32 Å². The van der Waals surface area contributed by atoms with Crippen LogP contribution >= 0.6 is 11.3 Å². The molecule has 0 spiro atoms. The molecule has 2 aromatic rings. The molecule has 0 amide bonds. The maximum absolute atomic E-state index is 13.5. The monoisotopic (exact) mass is 308 g/mol. The summed E-state index contributed by atoms with van der Waals surface area (Å²) in [5.74, 6) is -0.791. The predicted octanol–water partition coefficient (Wildman–Crippen LogP) is 3.82. The molecule has 4 nitrogen and oxygen atoms in total. The summed E-state index contributed by atoms with van der Waals surface area (Å²) >= 11 is 1.77. The summed E-state index contributed by atoms with van der Waals surface area (Å²) in [6.07, 6.45) is 0.911. The van der Waals surface area contributed by atoms with Gasteiger partial charge in [-0.25, -0.2) is 0 Å². The molecule has 1 heterocycles. The van der Waals surface area contributed by atoms with Crippen LogP contribution in [0.15, 0.2) is 30.3 Å². The molecule has 112 valence electrons. The van der Waals surface area contributed by atoms with Gasteiger partial charge in [0.2, 0.25) is 5.82 Å². The first kappa shape index (κ1) is 15.6. The van der Waals surface area contributed by atoms with Gasteiger partial charge in [-0.05, 0) is 44.0 Å². The molecule has 1 aromatic carbocycles. The van der Waals surface area contributed by atoms with Crippen molar-refractivity contribution >= 4 is 17.0 Å². The van der Waals surface area contributed by atoms with E-state index >= 15 is 0 Å². The molecule has 1 unspecified atom stereocenters. The normalized spacial score (nSPS) is 12.3. The average molecular weight is 308 g/mol. The van der Waals surface area contributed by atoms with Gasteiger partial charge in [-0.15, -0.1) is 11.3 Å². The standard InChI is InChI=1S/C15H17FN2O2S/c1-10(7-13-5-3-11(2)21-13)17-9-12-4-6-15(18(19)20)14(16)8-12/h3-6,8,10,17H,7,9H2,1-2H3. The molecule has 0 aliphatic heterocycles. The number of benzene rings is 1. The highest BCUT2D eigenvalue weighted by Crippen LogP contribution is 2.19. The Labute approximate surface area is 126 Å². The fourth-order valence-electron chi connectivity index (χ4n) is 2.07. The van der Waals surface area contributed by atoms with Gasteiger partial charge in [0.1, 0.15) is 0 Å². The zero-order valence-electron chi connectivity index (χ0n) is 11.9. The fourth-order valence-corrected chi connectivity index (χ4v) is 3.09. The molecule has 0 aliphatic rings. The zero-order valence-corrected chi connectivity index (χ0v) is 12.7. The lowest BCUT2D eigenvalue weighted by atomic mass is 10.1. The second-order valence-electron chi connectivity index (χ2n) is 5.04. The average Bonchev–Trinajstić information content (AvgIpc) is 2.81. The number of thiophene rings is 1. The quantitative estimate of drug-likeness (QED) is 0.652. The highest BCUT2D eigenvalue weighted by atomic mass is 32.1. The number of rotatable bonds is 6. The summed E-state index contributed by atoms with van der Waals surface area (Å²) < 4.78 is 13.5. The van der Waals surface area contributed by atoms with Crippen LogP contribution in [0.2, 0.25) is 0 Å². The van der Waals surface area contributed by atoms with E-state index in [0.29, 0.717) is 12.1 Å². The number of hydrogen-bond donors (Lipinski definition) is 1. The van der Waals surface area contributed by atoms with Crippen molar-refractivity contribution in [2.75, 3.05) is 0 Å². The van der Waals surface area contributed by atoms with Crippen LogP contribution in [0.25, 0.3) is 0 Å². The maximum Gasteiger partial charge on any atom is 0.304 e. The predicted molar refractivity (Wildman–Crippen MR) is 82.1 cm³/mol. The van der Waals surface area contributed by atoms with Crippen molar-refractivity contribution in [2.45, 2.75) is 32.9 Å². The van der Waals surface area contributed by atoms with Crippen LogP contribution in [0, 0.1) is 22.9 Å². The van der Waals surface area contributed by atoms with E-state index in [1.54, 1.807) is 17.4 Å². The van der Waals surface area contributed by atoms with E-state index in [2.05, 4.69) is 31.3 Å². The number of nitro groups is 1. The molecule has 0 aliphatic carbocycles. The number of nitrogens with zero attached hydrogens (tertiary/aromatic N) is 1. The minimum absolute atomic E-state index is 0.251. The third kappa shape index (κ3) is 4.34. The summed E-state index contributed by atoms with van der Waals surface area (Å²) in [4.78, 5) is 12.4. The zero-order chi connectivity index (χ0) is 15.4. The molecule has 0 saturated heterocycles. The Morgan fingerprint density at radius 2 is 2.14 bits per heavy atom. The molecule has 21 heavy (non-hydrogen) atoms. The van der Waals surface area contributed by atoms with Crippen LogP contribution in [-0.2, 0) is 13.0 Å². The van der Waals surface area contributed by atoms with Crippen LogP contribution < -0.4 is 5.32 Å². The van der Waals surface area contributed by atoms with Crippen LogP contribution in [0.3, 0.4) is 0 Å². The van der Waals surface area contributed by atoms with Crippen molar-refractivity contribution < 1.29 is 9.31 Å². The lowest BCUT2D eigenvalue weighted by Crippen LogP contribution is -2.27. The van der Waals surface area contributed by atoms with Gasteiger partial charge in [0, 0.05) is 28.4 Å². The molecule has 1 N–H and O–H groups in total. The molecule has 6 heteroatoms. The largest absolute Gasteiger partial charge is 0.310 e. The number of aryl methyl sites for hydroxylation is 1. The molecular formula is C15H17FN2O2S. The SMILES string of the molecule is Cc1ccc(CC(C)NCc2ccc([N+](=O)[O-])c(F)c2)s1. The Morgan fingerprint density at radius 3 is 2.71 bits per heavy atom. The second-order valence-corrected chi connectivity index (χ2v) is 6.41. The third-order valence-electron chi connectivity index (χ3n) is 3.17. The third-order valence-corrected chi connectivity index (χ3v) is 4.19. The summed E-state index contributed by atoms with van der Waals surface area (Å²) in [6.45, 7) is 4.63.